The molecule has 0 spiro atoms. The summed E-state index contributed by atoms with van der Waals surface area (Å²) in [7, 11) is 0. The maximum Gasteiger partial charge on any atom is 0.252 e. The number of nitrogens with one attached hydrogen (secondary N) is 1. The summed E-state index contributed by atoms with van der Waals surface area (Å²) in [6.07, 6.45) is 0. The van der Waals surface area contributed by atoms with Crippen LogP contribution in [-0.2, 0) is 4.79 Å². The monoisotopic (exact) mass is 461 g/mol. The van der Waals surface area contributed by atoms with E-state index in [1.54, 1.807) is 16.4 Å². The van der Waals surface area contributed by atoms with Gasteiger partial charge < -0.3 is 5.32 Å². The van der Waals surface area contributed by atoms with Crippen molar-refractivity contribution >= 4 is 35.1 Å². The van der Waals surface area contributed by atoms with Crippen molar-refractivity contribution in [3.05, 3.63) is 88.2 Å². The number of halogens is 1. The van der Waals surface area contributed by atoms with E-state index >= 15 is 0 Å². The zero-order chi connectivity index (χ0) is 22.2. The molecule has 0 radical (unpaired) electrons. The first-order chi connectivity index (χ1) is 15.5. The van der Waals surface area contributed by atoms with Crippen LogP contribution in [0.5, 0.6) is 0 Å². The number of rotatable bonds is 3. The Kier molecular flexibility index (Phi) is 5.45. The number of amides is 1. The first kappa shape index (κ1) is 20.7. The van der Waals surface area contributed by atoms with E-state index in [0.717, 1.165) is 33.8 Å². The van der Waals surface area contributed by atoms with Crippen molar-refractivity contribution in [2.45, 2.75) is 19.1 Å². The quantitative estimate of drug-likeness (QED) is 0.443. The average Bonchev–Trinajstić information content (AvgIpc) is 3.04. The third-order valence-electron chi connectivity index (χ3n) is 5.18. The number of aromatic nitrogens is 4. The number of carbonyl (C=O) groups is 1. The zero-order valence-corrected chi connectivity index (χ0v) is 19.1. The largest absolute Gasteiger partial charge is 0.309 e. The minimum Gasteiger partial charge on any atom is -0.309 e. The number of hydrogen-bond donors (Lipinski definition) is 1. The van der Waals surface area contributed by atoms with Crippen molar-refractivity contribution in [2.75, 3.05) is 11.1 Å². The second-order valence-electron chi connectivity index (χ2n) is 7.63. The molecular formula is C24H20ClN5OS. The van der Waals surface area contributed by atoms with E-state index in [0.29, 0.717) is 22.5 Å². The van der Waals surface area contributed by atoms with E-state index in [2.05, 4.69) is 15.3 Å². The normalized spacial score (nSPS) is 15.7. The topological polar surface area (TPSA) is 72.7 Å². The fourth-order valence-corrected chi connectivity index (χ4v) is 5.22. The Bertz CT molecular complexity index is 1300. The molecule has 1 unspecified atom stereocenters. The molecule has 2 aromatic heterocycles. The van der Waals surface area contributed by atoms with Crippen molar-refractivity contribution in [1.82, 2.24) is 19.7 Å². The molecule has 6 nitrogen and oxygen atoms in total. The van der Waals surface area contributed by atoms with Gasteiger partial charge in [0.15, 0.2) is 0 Å². The zero-order valence-electron chi connectivity index (χ0n) is 17.5. The van der Waals surface area contributed by atoms with Crippen molar-refractivity contribution in [3.63, 3.8) is 0 Å². The highest BCUT2D eigenvalue weighted by atomic mass is 35.5. The predicted molar refractivity (Wildman–Crippen MR) is 128 cm³/mol. The van der Waals surface area contributed by atoms with Gasteiger partial charge in [0.2, 0.25) is 5.91 Å². The van der Waals surface area contributed by atoms with E-state index in [1.165, 1.54) is 0 Å². The second-order valence-corrected chi connectivity index (χ2v) is 9.16. The number of carbonyl (C=O) groups excluding carboxylic acids is 1. The van der Waals surface area contributed by atoms with Crippen LogP contribution in [0.1, 0.15) is 27.8 Å². The van der Waals surface area contributed by atoms with E-state index in [9.17, 15) is 4.79 Å². The molecule has 1 N–H and O–H groups in total. The van der Waals surface area contributed by atoms with Gasteiger partial charge >= 0.3 is 0 Å². The van der Waals surface area contributed by atoms with Crippen LogP contribution < -0.4 is 5.32 Å². The Hall–Kier alpha value is -3.16. The van der Waals surface area contributed by atoms with E-state index in [1.807, 2.05) is 74.5 Å². The van der Waals surface area contributed by atoms with Gasteiger partial charge in [0.25, 0.3) is 5.95 Å². The summed E-state index contributed by atoms with van der Waals surface area (Å²) in [6, 6.07) is 19.6. The Balaban J connectivity index is 1.81. The first-order valence-electron chi connectivity index (χ1n) is 10.2. The van der Waals surface area contributed by atoms with Crippen molar-refractivity contribution < 1.29 is 4.79 Å². The highest BCUT2D eigenvalue weighted by molar-refractivity contribution is 8.00. The molecule has 0 aliphatic carbocycles. The molecule has 1 amide bonds. The molecule has 5 rings (SSSR count). The minimum absolute atomic E-state index is 0.0917. The number of fused-ring (bicyclic) bond motifs is 1. The van der Waals surface area contributed by atoms with Gasteiger partial charge in [-0.3, -0.25) is 4.79 Å². The van der Waals surface area contributed by atoms with Crippen LogP contribution in [0.15, 0.2) is 60.7 Å². The van der Waals surface area contributed by atoms with Gasteiger partial charge in [0, 0.05) is 27.5 Å². The summed E-state index contributed by atoms with van der Waals surface area (Å²) in [6.45, 7) is 3.84. The summed E-state index contributed by atoms with van der Waals surface area (Å²) < 4.78 is 1.65. The molecule has 0 fully saturated rings. The molecule has 160 valence electrons. The molecule has 3 heterocycles. The number of anilines is 1. The molecule has 1 aliphatic heterocycles. The van der Waals surface area contributed by atoms with Gasteiger partial charge in [-0.25, -0.2) is 9.97 Å². The summed E-state index contributed by atoms with van der Waals surface area (Å²) in [5.74, 6) is 1.24. The van der Waals surface area contributed by atoms with Gasteiger partial charge in [-0.15, -0.1) is 11.8 Å². The molecule has 0 saturated carbocycles. The molecule has 1 aliphatic rings. The summed E-state index contributed by atoms with van der Waals surface area (Å²) >= 11 is 7.88. The first-order valence-corrected chi connectivity index (χ1v) is 11.6. The molecule has 0 saturated heterocycles. The molecular weight excluding hydrogens is 442 g/mol. The van der Waals surface area contributed by atoms with E-state index < -0.39 is 0 Å². The van der Waals surface area contributed by atoms with E-state index in [-0.39, 0.29) is 11.2 Å². The Morgan fingerprint density at radius 2 is 1.78 bits per heavy atom. The molecule has 8 heteroatoms. The predicted octanol–water partition coefficient (Wildman–Crippen LogP) is 5.37. The molecule has 0 bridgehead atoms. The molecule has 4 aromatic rings. The summed E-state index contributed by atoms with van der Waals surface area (Å²) in [5.41, 5.74) is 5.33. The number of aryl methyl sites for hydroxylation is 2. The Morgan fingerprint density at radius 1 is 1.03 bits per heavy atom. The maximum atomic E-state index is 12.7. The lowest BCUT2D eigenvalue weighted by Gasteiger charge is -2.16. The van der Waals surface area contributed by atoms with Crippen LogP contribution in [0.3, 0.4) is 0 Å². The van der Waals surface area contributed by atoms with Crippen molar-refractivity contribution in [3.8, 4) is 17.2 Å². The number of benzene rings is 2. The van der Waals surface area contributed by atoms with Gasteiger partial charge in [-0.1, -0.05) is 54.1 Å². The van der Waals surface area contributed by atoms with Gasteiger partial charge in [0.1, 0.15) is 5.82 Å². The molecule has 2 aromatic carbocycles. The fraction of sp³-hybridized carbons (Fsp3) is 0.167. The number of hydrogen-bond acceptors (Lipinski definition) is 5. The smallest absolute Gasteiger partial charge is 0.252 e. The van der Waals surface area contributed by atoms with Crippen LogP contribution in [0.2, 0.25) is 5.02 Å². The lowest BCUT2D eigenvalue weighted by Crippen LogP contribution is -2.17. The Labute approximate surface area is 195 Å². The van der Waals surface area contributed by atoms with Gasteiger partial charge in [-0.2, -0.15) is 9.78 Å². The maximum absolute atomic E-state index is 12.7. The fourth-order valence-electron chi connectivity index (χ4n) is 3.90. The molecule has 32 heavy (non-hydrogen) atoms. The lowest BCUT2D eigenvalue weighted by molar-refractivity contribution is -0.113. The number of nitrogens with zero attached hydrogens (tertiary/aromatic N) is 4. The van der Waals surface area contributed by atoms with E-state index in [4.69, 9.17) is 16.7 Å². The lowest BCUT2D eigenvalue weighted by atomic mass is 10.00. The average molecular weight is 462 g/mol. The van der Waals surface area contributed by atoms with Crippen LogP contribution in [0.25, 0.3) is 17.2 Å². The molecule has 1 atom stereocenters. The second kappa shape index (κ2) is 8.41. The highest BCUT2D eigenvalue weighted by Crippen LogP contribution is 2.46. The van der Waals surface area contributed by atoms with Crippen LogP contribution >= 0.6 is 23.4 Å². The SMILES string of the molecule is Cc1cc(C)nc(-n2nc(-c3ccccc3)c3c2NC(=O)CSC3c2cccc(Cl)c2)n1. The highest BCUT2D eigenvalue weighted by Gasteiger charge is 2.33. The summed E-state index contributed by atoms with van der Waals surface area (Å²) in [5, 5.41) is 8.49. The van der Waals surface area contributed by atoms with Crippen LogP contribution in [0, 0.1) is 13.8 Å². The number of thioether (sulfide) groups is 1. The minimum atomic E-state index is -0.141. The summed E-state index contributed by atoms with van der Waals surface area (Å²) in [4.78, 5) is 21.9. The van der Waals surface area contributed by atoms with Crippen LogP contribution in [-0.4, -0.2) is 31.4 Å². The Morgan fingerprint density at radius 3 is 2.50 bits per heavy atom. The van der Waals surface area contributed by atoms with Gasteiger partial charge in [0.05, 0.1) is 16.7 Å². The standard InChI is InChI=1S/C24H20ClN5OS/c1-14-11-15(2)27-24(26-14)30-23-20(21(29-30)16-7-4-3-5-8-16)22(32-13-19(31)28-23)17-9-6-10-18(25)12-17/h3-12,22H,13H2,1-2H3,(H,28,31). The van der Waals surface area contributed by atoms with Gasteiger partial charge in [-0.05, 0) is 37.6 Å². The van der Waals surface area contributed by atoms with Crippen molar-refractivity contribution in [2.24, 2.45) is 0 Å². The third kappa shape index (κ3) is 3.89. The third-order valence-corrected chi connectivity index (χ3v) is 6.69. The van der Waals surface area contributed by atoms with Crippen LogP contribution in [0.4, 0.5) is 5.82 Å². The van der Waals surface area contributed by atoms with Crippen molar-refractivity contribution in [1.29, 1.82) is 0 Å².